The molecule has 2 rings (SSSR count). The van der Waals surface area contributed by atoms with Gasteiger partial charge in [0, 0.05) is 25.2 Å². The molecule has 94 valence electrons. The van der Waals surface area contributed by atoms with Crippen LogP contribution >= 0.6 is 0 Å². The third-order valence-electron chi connectivity index (χ3n) is 3.57. The summed E-state index contributed by atoms with van der Waals surface area (Å²) in [6.07, 6.45) is 6.00. The fraction of sp³-hybridized carbons (Fsp3) is 0.667. The summed E-state index contributed by atoms with van der Waals surface area (Å²) in [5, 5.41) is 16.4. The first-order chi connectivity index (χ1) is 8.15. The SMILES string of the molecule is Cn1ccc(C(=O)NCC2(CO)CCCC2)n1. The maximum atomic E-state index is 11.8. The molecule has 1 fully saturated rings. The highest BCUT2D eigenvalue weighted by Crippen LogP contribution is 2.36. The van der Waals surface area contributed by atoms with Crippen molar-refractivity contribution in [3.63, 3.8) is 0 Å². The summed E-state index contributed by atoms with van der Waals surface area (Å²) in [5.41, 5.74) is 0.323. The largest absolute Gasteiger partial charge is 0.396 e. The molecule has 0 spiro atoms. The first kappa shape index (κ1) is 12.1. The number of aliphatic hydroxyl groups is 1. The zero-order valence-corrected chi connectivity index (χ0v) is 10.1. The van der Waals surface area contributed by atoms with E-state index in [2.05, 4.69) is 10.4 Å². The molecule has 17 heavy (non-hydrogen) atoms. The fourth-order valence-corrected chi connectivity index (χ4v) is 2.41. The van der Waals surface area contributed by atoms with E-state index in [9.17, 15) is 9.90 Å². The summed E-state index contributed by atoms with van der Waals surface area (Å²) in [6.45, 7) is 0.689. The van der Waals surface area contributed by atoms with Crippen LogP contribution in [0.5, 0.6) is 0 Å². The molecule has 0 saturated heterocycles. The molecule has 1 aromatic rings. The number of aliphatic hydroxyl groups excluding tert-OH is 1. The van der Waals surface area contributed by atoms with Gasteiger partial charge in [0.25, 0.3) is 5.91 Å². The Morgan fingerprint density at radius 2 is 2.29 bits per heavy atom. The van der Waals surface area contributed by atoms with E-state index in [1.54, 1.807) is 24.0 Å². The second-order valence-electron chi connectivity index (χ2n) is 4.92. The number of aromatic nitrogens is 2. The third kappa shape index (κ3) is 2.66. The summed E-state index contributed by atoms with van der Waals surface area (Å²) in [6, 6.07) is 1.69. The van der Waals surface area contributed by atoms with Crippen molar-refractivity contribution < 1.29 is 9.90 Å². The maximum Gasteiger partial charge on any atom is 0.271 e. The van der Waals surface area contributed by atoms with Crippen LogP contribution in [0.4, 0.5) is 0 Å². The molecule has 1 aliphatic rings. The number of carbonyl (C=O) groups excluding carboxylic acids is 1. The number of aryl methyl sites for hydroxylation is 1. The molecule has 1 amide bonds. The highest BCUT2D eigenvalue weighted by molar-refractivity contribution is 5.92. The van der Waals surface area contributed by atoms with Gasteiger partial charge in [-0.1, -0.05) is 12.8 Å². The predicted octanol–water partition coefficient (Wildman–Crippen LogP) is 0.703. The minimum absolute atomic E-state index is 0.107. The van der Waals surface area contributed by atoms with Crippen molar-refractivity contribution in [3.8, 4) is 0 Å². The Hall–Kier alpha value is -1.36. The van der Waals surface area contributed by atoms with E-state index in [-0.39, 0.29) is 17.9 Å². The average molecular weight is 237 g/mol. The second kappa shape index (κ2) is 4.87. The summed E-state index contributed by atoms with van der Waals surface area (Å²) >= 11 is 0. The molecule has 5 nitrogen and oxygen atoms in total. The molecule has 0 radical (unpaired) electrons. The number of amides is 1. The average Bonchev–Trinajstić information content (AvgIpc) is 2.95. The lowest BCUT2D eigenvalue weighted by atomic mass is 9.87. The summed E-state index contributed by atoms with van der Waals surface area (Å²) < 4.78 is 1.60. The molecule has 2 N–H and O–H groups in total. The summed E-state index contributed by atoms with van der Waals surface area (Å²) in [5.74, 6) is -0.162. The van der Waals surface area contributed by atoms with Crippen molar-refractivity contribution in [1.29, 1.82) is 0 Å². The Bertz CT molecular complexity index is 394. The third-order valence-corrected chi connectivity index (χ3v) is 3.57. The number of carbonyl (C=O) groups is 1. The van der Waals surface area contributed by atoms with E-state index >= 15 is 0 Å². The zero-order chi connectivity index (χ0) is 12.3. The van der Waals surface area contributed by atoms with E-state index < -0.39 is 0 Å². The van der Waals surface area contributed by atoms with Crippen molar-refractivity contribution in [2.45, 2.75) is 25.7 Å². The van der Waals surface area contributed by atoms with Crippen molar-refractivity contribution in [1.82, 2.24) is 15.1 Å². The quantitative estimate of drug-likeness (QED) is 0.810. The van der Waals surface area contributed by atoms with E-state index in [4.69, 9.17) is 0 Å². The lowest BCUT2D eigenvalue weighted by Crippen LogP contribution is -2.38. The highest BCUT2D eigenvalue weighted by atomic mass is 16.3. The Kier molecular flexibility index (Phi) is 3.47. The molecule has 5 heteroatoms. The van der Waals surface area contributed by atoms with Crippen LogP contribution in [0.15, 0.2) is 12.3 Å². The Labute approximate surface area is 101 Å². The van der Waals surface area contributed by atoms with Gasteiger partial charge in [0.15, 0.2) is 0 Å². The minimum atomic E-state index is -0.162. The van der Waals surface area contributed by atoms with Crippen LogP contribution < -0.4 is 5.32 Å². The van der Waals surface area contributed by atoms with Gasteiger partial charge >= 0.3 is 0 Å². The van der Waals surface area contributed by atoms with Crippen molar-refractivity contribution >= 4 is 5.91 Å². The van der Waals surface area contributed by atoms with Gasteiger partial charge in [-0.25, -0.2) is 0 Å². The lowest BCUT2D eigenvalue weighted by Gasteiger charge is -2.26. The minimum Gasteiger partial charge on any atom is -0.396 e. The lowest BCUT2D eigenvalue weighted by molar-refractivity contribution is 0.0875. The van der Waals surface area contributed by atoms with E-state index in [0.29, 0.717) is 12.2 Å². The topological polar surface area (TPSA) is 67.2 Å². The molecular weight excluding hydrogens is 218 g/mol. The molecule has 1 aliphatic carbocycles. The molecule has 0 aromatic carbocycles. The van der Waals surface area contributed by atoms with Crippen molar-refractivity contribution in [2.75, 3.05) is 13.2 Å². The van der Waals surface area contributed by atoms with Gasteiger partial charge in [0.05, 0.1) is 6.61 Å². The van der Waals surface area contributed by atoms with Gasteiger partial charge in [-0.3, -0.25) is 9.48 Å². The van der Waals surface area contributed by atoms with Crippen LogP contribution in [0.1, 0.15) is 36.2 Å². The van der Waals surface area contributed by atoms with E-state index in [1.807, 2.05) is 0 Å². The van der Waals surface area contributed by atoms with Crippen molar-refractivity contribution in [3.05, 3.63) is 18.0 Å². The molecule has 1 heterocycles. The number of hydrogen-bond acceptors (Lipinski definition) is 3. The van der Waals surface area contributed by atoms with Crippen LogP contribution in [-0.2, 0) is 7.05 Å². The van der Waals surface area contributed by atoms with Gasteiger partial charge in [0.2, 0.25) is 0 Å². The standard InChI is InChI=1S/C12H19N3O2/c1-15-7-4-10(14-15)11(17)13-8-12(9-16)5-2-3-6-12/h4,7,16H,2-3,5-6,8-9H2,1H3,(H,13,17). The zero-order valence-electron chi connectivity index (χ0n) is 10.1. The molecule has 0 aliphatic heterocycles. The molecular formula is C12H19N3O2. The second-order valence-corrected chi connectivity index (χ2v) is 4.92. The van der Waals surface area contributed by atoms with Gasteiger partial charge in [-0.15, -0.1) is 0 Å². The fourth-order valence-electron chi connectivity index (χ4n) is 2.41. The molecule has 0 bridgehead atoms. The molecule has 0 unspecified atom stereocenters. The monoisotopic (exact) mass is 237 g/mol. The van der Waals surface area contributed by atoms with Gasteiger partial charge < -0.3 is 10.4 Å². The van der Waals surface area contributed by atoms with Crippen LogP contribution in [-0.4, -0.2) is 33.9 Å². The maximum absolute atomic E-state index is 11.8. The number of rotatable bonds is 4. The van der Waals surface area contributed by atoms with Gasteiger partial charge in [-0.05, 0) is 18.9 Å². The predicted molar refractivity (Wildman–Crippen MR) is 63.5 cm³/mol. The van der Waals surface area contributed by atoms with Crippen LogP contribution in [0.25, 0.3) is 0 Å². The first-order valence-corrected chi connectivity index (χ1v) is 6.04. The first-order valence-electron chi connectivity index (χ1n) is 6.04. The van der Waals surface area contributed by atoms with Gasteiger partial charge in [-0.2, -0.15) is 5.10 Å². The Morgan fingerprint density at radius 1 is 1.59 bits per heavy atom. The smallest absolute Gasteiger partial charge is 0.271 e. The normalized spacial score (nSPS) is 18.2. The summed E-state index contributed by atoms with van der Waals surface area (Å²) in [7, 11) is 1.78. The van der Waals surface area contributed by atoms with E-state index in [0.717, 1.165) is 25.7 Å². The Balaban J connectivity index is 1.91. The molecule has 1 aromatic heterocycles. The summed E-state index contributed by atoms with van der Waals surface area (Å²) in [4.78, 5) is 11.8. The van der Waals surface area contributed by atoms with Crippen LogP contribution in [0.2, 0.25) is 0 Å². The Morgan fingerprint density at radius 3 is 2.82 bits per heavy atom. The number of hydrogen-bond donors (Lipinski definition) is 2. The number of nitrogens with zero attached hydrogens (tertiary/aromatic N) is 2. The van der Waals surface area contributed by atoms with Crippen LogP contribution in [0, 0.1) is 5.41 Å². The number of nitrogens with one attached hydrogen (secondary N) is 1. The highest BCUT2D eigenvalue weighted by Gasteiger charge is 2.33. The molecule has 0 atom stereocenters. The van der Waals surface area contributed by atoms with Crippen molar-refractivity contribution in [2.24, 2.45) is 12.5 Å². The van der Waals surface area contributed by atoms with Gasteiger partial charge in [0.1, 0.15) is 5.69 Å². The van der Waals surface area contributed by atoms with Crippen LogP contribution in [0.3, 0.4) is 0 Å². The molecule has 1 saturated carbocycles. The van der Waals surface area contributed by atoms with E-state index in [1.165, 1.54) is 0 Å².